The number of methoxy groups -OCH3 is 1. The van der Waals surface area contributed by atoms with Crippen molar-refractivity contribution < 1.29 is 13.9 Å². The molecule has 0 bridgehead atoms. The third-order valence-corrected chi connectivity index (χ3v) is 2.93. The van der Waals surface area contributed by atoms with Gasteiger partial charge in [0.1, 0.15) is 5.82 Å². The number of carbonyl (C=O) groups is 1. The van der Waals surface area contributed by atoms with Crippen LogP contribution in [0.2, 0.25) is 0 Å². The number of amides is 1. The molecule has 1 unspecified atom stereocenters. The highest BCUT2D eigenvalue weighted by molar-refractivity contribution is 5.81. The lowest BCUT2D eigenvalue weighted by molar-refractivity contribution is -0.123. The third kappa shape index (κ3) is 5.36. The maximum atomic E-state index is 12.8. The minimum atomic E-state index is -0.543. The highest BCUT2D eigenvalue weighted by Gasteiger charge is 2.16. The van der Waals surface area contributed by atoms with Crippen LogP contribution in [0.4, 0.5) is 4.39 Å². The highest BCUT2D eigenvalue weighted by atomic mass is 19.1. The minimum Gasteiger partial charge on any atom is -0.385 e. The zero-order valence-electron chi connectivity index (χ0n) is 11.4. The van der Waals surface area contributed by atoms with Gasteiger partial charge in [-0.2, -0.15) is 0 Å². The number of nitrogens with two attached hydrogens (primary N) is 1. The Kier molecular flexibility index (Phi) is 6.45. The second kappa shape index (κ2) is 7.86. The zero-order chi connectivity index (χ0) is 14.3. The SMILES string of the molecule is COCCCC(N)C(=O)N[C@H](C)c1ccc(F)cc1. The van der Waals surface area contributed by atoms with E-state index in [0.717, 1.165) is 12.0 Å². The summed E-state index contributed by atoms with van der Waals surface area (Å²) in [4.78, 5) is 11.8. The van der Waals surface area contributed by atoms with Gasteiger partial charge in [0, 0.05) is 13.7 Å². The third-order valence-electron chi connectivity index (χ3n) is 2.93. The van der Waals surface area contributed by atoms with Crippen LogP contribution in [0.1, 0.15) is 31.4 Å². The van der Waals surface area contributed by atoms with E-state index in [1.807, 2.05) is 6.92 Å². The fourth-order valence-corrected chi connectivity index (χ4v) is 1.73. The van der Waals surface area contributed by atoms with Gasteiger partial charge in [-0.15, -0.1) is 0 Å². The van der Waals surface area contributed by atoms with Crippen molar-refractivity contribution in [3.05, 3.63) is 35.6 Å². The Balaban J connectivity index is 2.44. The summed E-state index contributed by atoms with van der Waals surface area (Å²) in [5, 5.41) is 2.82. The van der Waals surface area contributed by atoms with E-state index < -0.39 is 6.04 Å². The molecule has 0 heterocycles. The van der Waals surface area contributed by atoms with Crippen LogP contribution in [0, 0.1) is 5.82 Å². The lowest BCUT2D eigenvalue weighted by atomic mass is 10.1. The number of ether oxygens (including phenoxy) is 1. The minimum absolute atomic E-state index is 0.193. The van der Waals surface area contributed by atoms with E-state index >= 15 is 0 Å². The smallest absolute Gasteiger partial charge is 0.237 e. The molecule has 1 aromatic carbocycles. The Morgan fingerprint density at radius 3 is 2.63 bits per heavy atom. The molecule has 0 saturated carbocycles. The fraction of sp³-hybridized carbons (Fsp3) is 0.500. The molecule has 5 heteroatoms. The van der Waals surface area contributed by atoms with Crippen molar-refractivity contribution in [3.8, 4) is 0 Å². The lowest BCUT2D eigenvalue weighted by Gasteiger charge is -2.17. The number of nitrogens with one attached hydrogen (secondary N) is 1. The van der Waals surface area contributed by atoms with E-state index in [4.69, 9.17) is 10.5 Å². The summed E-state index contributed by atoms with van der Waals surface area (Å²) in [5.41, 5.74) is 6.63. The molecule has 0 fully saturated rings. The van der Waals surface area contributed by atoms with Gasteiger partial charge in [0.2, 0.25) is 5.91 Å². The first-order valence-electron chi connectivity index (χ1n) is 6.35. The van der Waals surface area contributed by atoms with Gasteiger partial charge in [-0.25, -0.2) is 4.39 Å². The fourth-order valence-electron chi connectivity index (χ4n) is 1.73. The molecule has 0 aliphatic heterocycles. The molecule has 0 aromatic heterocycles. The molecule has 0 spiro atoms. The van der Waals surface area contributed by atoms with Crippen LogP contribution in [-0.4, -0.2) is 25.7 Å². The second-order valence-electron chi connectivity index (χ2n) is 4.52. The Labute approximate surface area is 113 Å². The van der Waals surface area contributed by atoms with Crippen molar-refractivity contribution in [1.29, 1.82) is 0 Å². The predicted molar refractivity (Wildman–Crippen MR) is 72.0 cm³/mol. The van der Waals surface area contributed by atoms with Crippen LogP contribution in [0.25, 0.3) is 0 Å². The first kappa shape index (κ1) is 15.6. The first-order valence-corrected chi connectivity index (χ1v) is 6.35. The topological polar surface area (TPSA) is 64.3 Å². The highest BCUT2D eigenvalue weighted by Crippen LogP contribution is 2.13. The van der Waals surface area contributed by atoms with Gasteiger partial charge in [0.25, 0.3) is 0 Å². The van der Waals surface area contributed by atoms with Crippen LogP contribution in [0.15, 0.2) is 24.3 Å². The molecule has 0 saturated heterocycles. The molecule has 1 rings (SSSR count). The molecule has 0 radical (unpaired) electrons. The zero-order valence-corrected chi connectivity index (χ0v) is 11.4. The number of carbonyl (C=O) groups excluding carboxylic acids is 1. The summed E-state index contributed by atoms with van der Waals surface area (Å²) in [6.45, 7) is 2.43. The Bertz CT molecular complexity index is 395. The molecule has 1 amide bonds. The van der Waals surface area contributed by atoms with Crippen molar-refractivity contribution in [2.75, 3.05) is 13.7 Å². The molecule has 3 N–H and O–H groups in total. The van der Waals surface area contributed by atoms with Gasteiger partial charge in [-0.05, 0) is 37.5 Å². The normalized spacial score (nSPS) is 13.9. The standard InChI is InChI=1S/C14H21FN2O2/c1-10(11-5-7-12(15)8-6-11)17-14(18)13(16)4-3-9-19-2/h5-8,10,13H,3-4,9,16H2,1-2H3,(H,17,18)/t10-,13?/m1/s1. The summed E-state index contributed by atoms with van der Waals surface area (Å²) >= 11 is 0. The predicted octanol–water partition coefficient (Wildman–Crippen LogP) is 1.76. The summed E-state index contributed by atoms with van der Waals surface area (Å²) in [6, 6.07) is 5.31. The Morgan fingerprint density at radius 1 is 1.42 bits per heavy atom. The number of halogens is 1. The number of benzene rings is 1. The molecule has 0 aliphatic carbocycles. The van der Waals surface area contributed by atoms with Crippen LogP contribution in [0.5, 0.6) is 0 Å². The van der Waals surface area contributed by atoms with Gasteiger partial charge in [0.15, 0.2) is 0 Å². The maximum Gasteiger partial charge on any atom is 0.237 e. The molecule has 106 valence electrons. The average molecular weight is 268 g/mol. The van der Waals surface area contributed by atoms with Gasteiger partial charge < -0.3 is 15.8 Å². The first-order chi connectivity index (χ1) is 9.04. The Hall–Kier alpha value is -1.46. The Morgan fingerprint density at radius 2 is 2.05 bits per heavy atom. The summed E-state index contributed by atoms with van der Waals surface area (Å²) < 4.78 is 17.7. The largest absolute Gasteiger partial charge is 0.385 e. The van der Waals surface area contributed by atoms with Crippen molar-refractivity contribution in [2.24, 2.45) is 5.73 Å². The molecule has 0 aliphatic rings. The average Bonchev–Trinajstić information content (AvgIpc) is 2.39. The van der Waals surface area contributed by atoms with Gasteiger partial charge in [-0.3, -0.25) is 4.79 Å². The lowest BCUT2D eigenvalue weighted by Crippen LogP contribution is -2.41. The quantitative estimate of drug-likeness (QED) is 0.741. The summed E-state index contributed by atoms with van der Waals surface area (Å²) in [5.74, 6) is -0.494. The molecule has 2 atom stereocenters. The van der Waals surface area contributed by atoms with Crippen molar-refractivity contribution in [3.63, 3.8) is 0 Å². The van der Waals surface area contributed by atoms with E-state index in [1.54, 1.807) is 19.2 Å². The van der Waals surface area contributed by atoms with Crippen LogP contribution < -0.4 is 11.1 Å². The van der Waals surface area contributed by atoms with E-state index in [0.29, 0.717) is 13.0 Å². The van der Waals surface area contributed by atoms with Gasteiger partial charge in [0.05, 0.1) is 12.1 Å². The van der Waals surface area contributed by atoms with Gasteiger partial charge >= 0.3 is 0 Å². The number of hydrogen-bond donors (Lipinski definition) is 2. The van der Waals surface area contributed by atoms with Crippen LogP contribution in [0.3, 0.4) is 0 Å². The molecular weight excluding hydrogens is 247 g/mol. The molecule has 4 nitrogen and oxygen atoms in total. The number of hydrogen-bond acceptors (Lipinski definition) is 3. The van der Waals surface area contributed by atoms with Crippen molar-refractivity contribution in [1.82, 2.24) is 5.32 Å². The van der Waals surface area contributed by atoms with E-state index in [-0.39, 0.29) is 17.8 Å². The monoisotopic (exact) mass is 268 g/mol. The van der Waals surface area contributed by atoms with Crippen LogP contribution in [-0.2, 0) is 9.53 Å². The second-order valence-corrected chi connectivity index (χ2v) is 4.52. The summed E-state index contributed by atoms with van der Waals surface area (Å²) in [7, 11) is 1.61. The van der Waals surface area contributed by atoms with E-state index in [9.17, 15) is 9.18 Å². The van der Waals surface area contributed by atoms with Gasteiger partial charge in [-0.1, -0.05) is 12.1 Å². The van der Waals surface area contributed by atoms with E-state index in [2.05, 4.69) is 5.32 Å². The van der Waals surface area contributed by atoms with Crippen LogP contribution >= 0.6 is 0 Å². The summed E-state index contributed by atoms with van der Waals surface area (Å²) in [6.07, 6.45) is 1.33. The molecule has 19 heavy (non-hydrogen) atoms. The van der Waals surface area contributed by atoms with Crippen molar-refractivity contribution in [2.45, 2.75) is 31.8 Å². The molecular formula is C14H21FN2O2. The molecule has 1 aromatic rings. The van der Waals surface area contributed by atoms with E-state index in [1.165, 1.54) is 12.1 Å². The van der Waals surface area contributed by atoms with Crippen molar-refractivity contribution >= 4 is 5.91 Å². The number of rotatable bonds is 7. The maximum absolute atomic E-state index is 12.8.